The summed E-state index contributed by atoms with van der Waals surface area (Å²) in [6.45, 7) is 10.3. The molecule has 0 aromatic rings. The summed E-state index contributed by atoms with van der Waals surface area (Å²) >= 11 is 0. The van der Waals surface area contributed by atoms with Crippen molar-refractivity contribution in [3.8, 4) is 0 Å². The minimum Gasteiger partial charge on any atom is -0.444 e. The third-order valence-electron chi connectivity index (χ3n) is 3.95. The lowest BCUT2D eigenvalue weighted by Crippen LogP contribution is -2.41. The summed E-state index contributed by atoms with van der Waals surface area (Å²) in [6, 6.07) is 0. The van der Waals surface area contributed by atoms with Crippen LogP contribution in [-0.4, -0.2) is 65.9 Å². The van der Waals surface area contributed by atoms with Gasteiger partial charge in [0.1, 0.15) is 5.60 Å². The smallest absolute Gasteiger partial charge is 0.410 e. The molecule has 2 rings (SSSR count). The summed E-state index contributed by atoms with van der Waals surface area (Å²) in [4.78, 5) is 16.2. The van der Waals surface area contributed by atoms with E-state index in [1.54, 1.807) is 0 Å². The summed E-state index contributed by atoms with van der Waals surface area (Å²) < 4.78 is 5.44. The van der Waals surface area contributed by atoms with Crippen LogP contribution in [0.4, 0.5) is 4.79 Å². The van der Waals surface area contributed by atoms with Gasteiger partial charge in [-0.3, -0.25) is 0 Å². The number of nitrogens with zero attached hydrogens (tertiary/aromatic N) is 2. The van der Waals surface area contributed by atoms with Gasteiger partial charge in [0, 0.05) is 26.2 Å². The fraction of sp³-hybridized carbons (Fsp3) is 0.929. The van der Waals surface area contributed by atoms with E-state index in [0.29, 0.717) is 11.8 Å². The van der Waals surface area contributed by atoms with Crippen LogP contribution in [0.1, 0.15) is 27.2 Å². The molecule has 110 valence electrons. The lowest BCUT2D eigenvalue weighted by atomic mass is 9.89. The van der Waals surface area contributed by atoms with Gasteiger partial charge in [-0.1, -0.05) is 0 Å². The highest BCUT2D eigenvalue weighted by molar-refractivity contribution is 5.68. The van der Waals surface area contributed by atoms with Gasteiger partial charge in [-0.15, -0.1) is 0 Å². The molecule has 0 spiro atoms. The number of aliphatic hydroxyl groups is 1. The Morgan fingerprint density at radius 3 is 2.58 bits per heavy atom. The van der Waals surface area contributed by atoms with E-state index < -0.39 is 5.60 Å². The van der Waals surface area contributed by atoms with E-state index in [2.05, 4.69) is 4.90 Å². The number of amides is 1. The molecule has 2 aliphatic heterocycles. The average Bonchev–Trinajstić information content (AvgIpc) is 2.70. The summed E-state index contributed by atoms with van der Waals surface area (Å²) in [5.74, 6) is 1.13. The molecular formula is C14H26N2O3. The zero-order valence-corrected chi connectivity index (χ0v) is 12.3. The number of carbonyl (C=O) groups excluding carboxylic acids is 1. The van der Waals surface area contributed by atoms with Crippen molar-refractivity contribution in [3.63, 3.8) is 0 Å². The molecular weight excluding hydrogens is 244 g/mol. The molecule has 2 atom stereocenters. The monoisotopic (exact) mass is 270 g/mol. The van der Waals surface area contributed by atoms with Crippen molar-refractivity contribution in [2.75, 3.05) is 39.3 Å². The van der Waals surface area contributed by atoms with Gasteiger partial charge >= 0.3 is 6.09 Å². The molecule has 0 aromatic heterocycles. The number of rotatable bonds is 2. The van der Waals surface area contributed by atoms with Gasteiger partial charge in [0.15, 0.2) is 0 Å². The average molecular weight is 270 g/mol. The van der Waals surface area contributed by atoms with Crippen molar-refractivity contribution >= 4 is 6.09 Å². The standard InChI is InChI=1S/C14H26N2O3/c1-14(2,3)19-13(18)16-9-11-4-5-15(6-7-17)8-12(11)10-16/h11-12,17H,4-10H2,1-3H3. The van der Waals surface area contributed by atoms with Gasteiger partial charge in [0.2, 0.25) is 0 Å². The Balaban J connectivity index is 1.87. The molecule has 19 heavy (non-hydrogen) atoms. The lowest BCUT2D eigenvalue weighted by molar-refractivity contribution is 0.0284. The van der Waals surface area contributed by atoms with Gasteiger partial charge < -0.3 is 19.6 Å². The van der Waals surface area contributed by atoms with Gasteiger partial charge in [-0.2, -0.15) is 0 Å². The fourth-order valence-corrected chi connectivity index (χ4v) is 3.06. The zero-order chi connectivity index (χ0) is 14.0. The van der Waals surface area contributed by atoms with Crippen LogP contribution in [0, 0.1) is 11.8 Å². The minimum absolute atomic E-state index is 0.185. The summed E-state index contributed by atoms with van der Waals surface area (Å²) in [6.07, 6.45) is 0.930. The molecule has 0 aromatic carbocycles. The molecule has 5 nitrogen and oxygen atoms in total. The first-order valence-electron chi connectivity index (χ1n) is 7.20. The lowest BCUT2D eigenvalue weighted by Gasteiger charge is -2.33. The first-order valence-corrected chi connectivity index (χ1v) is 7.20. The van der Waals surface area contributed by atoms with Crippen LogP contribution < -0.4 is 0 Å². The Bertz CT molecular complexity index is 327. The maximum absolute atomic E-state index is 12.1. The summed E-state index contributed by atoms with van der Waals surface area (Å²) in [5.41, 5.74) is -0.423. The number of piperidine rings is 1. The maximum Gasteiger partial charge on any atom is 0.410 e. The van der Waals surface area contributed by atoms with E-state index in [0.717, 1.165) is 39.1 Å². The van der Waals surface area contributed by atoms with Crippen molar-refractivity contribution in [2.24, 2.45) is 11.8 Å². The predicted octanol–water partition coefficient (Wildman–Crippen LogP) is 1.17. The number of hydrogen-bond acceptors (Lipinski definition) is 4. The Labute approximate surface area is 115 Å². The van der Waals surface area contributed by atoms with E-state index in [9.17, 15) is 4.79 Å². The van der Waals surface area contributed by atoms with Gasteiger partial charge in [0.05, 0.1) is 6.61 Å². The number of likely N-dealkylation sites (tertiary alicyclic amines) is 2. The molecule has 2 aliphatic rings. The normalized spacial score (nSPS) is 28.3. The second-order valence-corrected chi connectivity index (χ2v) is 6.72. The third-order valence-corrected chi connectivity index (χ3v) is 3.95. The highest BCUT2D eigenvalue weighted by Crippen LogP contribution is 2.31. The quantitative estimate of drug-likeness (QED) is 0.818. The van der Waals surface area contributed by atoms with Crippen LogP contribution in [0.2, 0.25) is 0 Å². The predicted molar refractivity (Wildman–Crippen MR) is 72.9 cm³/mol. The molecule has 0 saturated carbocycles. The number of carbonyl (C=O) groups is 1. The number of hydrogen-bond donors (Lipinski definition) is 1. The first kappa shape index (κ1) is 14.6. The number of aliphatic hydroxyl groups excluding tert-OH is 1. The maximum atomic E-state index is 12.1. The molecule has 1 N–H and O–H groups in total. The minimum atomic E-state index is -0.423. The van der Waals surface area contributed by atoms with Crippen molar-refractivity contribution in [2.45, 2.75) is 32.8 Å². The highest BCUT2D eigenvalue weighted by Gasteiger charge is 2.39. The molecule has 2 saturated heterocycles. The highest BCUT2D eigenvalue weighted by atomic mass is 16.6. The van der Waals surface area contributed by atoms with Crippen molar-refractivity contribution in [1.82, 2.24) is 9.80 Å². The molecule has 2 unspecified atom stereocenters. The van der Waals surface area contributed by atoms with Crippen LogP contribution in [0.15, 0.2) is 0 Å². The molecule has 1 amide bonds. The Morgan fingerprint density at radius 2 is 1.95 bits per heavy atom. The molecule has 0 radical (unpaired) electrons. The number of ether oxygens (including phenoxy) is 1. The van der Waals surface area contributed by atoms with Crippen molar-refractivity contribution in [1.29, 1.82) is 0 Å². The zero-order valence-electron chi connectivity index (χ0n) is 12.3. The summed E-state index contributed by atoms with van der Waals surface area (Å²) in [7, 11) is 0. The Morgan fingerprint density at radius 1 is 1.26 bits per heavy atom. The SMILES string of the molecule is CC(C)(C)OC(=O)N1CC2CCN(CCO)CC2C1. The third kappa shape index (κ3) is 3.83. The molecule has 2 fully saturated rings. The largest absolute Gasteiger partial charge is 0.444 e. The van der Waals surface area contributed by atoms with Crippen molar-refractivity contribution in [3.05, 3.63) is 0 Å². The van der Waals surface area contributed by atoms with Gasteiger partial charge in [-0.25, -0.2) is 4.79 Å². The molecule has 2 heterocycles. The second kappa shape index (κ2) is 5.67. The fourth-order valence-electron chi connectivity index (χ4n) is 3.06. The van der Waals surface area contributed by atoms with Crippen molar-refractivity contribution < 1.29 is 14.6 Å². The molecule has 0 bridgehead atoms. The molecule has 5 heteroatoms. The van der Waals surface area contributed by atoms with E-state index >= 15 is 0 Å². The topological polar surface area (TPSA) is 53.0 Å². The first-order chi connectivity index (χ1) is 8.89. The van der Waals surface area contributed by atoms with Crippen LogP contribution >= 0.6 is 0 Å². The van der Waals surface area contributed by atoms with Gasteiger partial charge in [-0.05, 0) is 45.6 Å². The van der Waals surface area contributed by atoms with Crippen LogP contribution in [0.25, 0.3) is 0 Å². The van der Waals surface area contributed by atoms with E-state index in [4.69, 9.17) is 9.84 Å². The van der Waals surface area contributed by atoms with Gasteiger partial charge in [0.25, 0.3) is 0 Å². The second-order valence-electron chi connectivity index (χ2n) is 6.72. The van der Waals surface area contributed by atoms with E-state index in [-0.39, 0.29) is 12.7 Å². The Hall–Kier alpha value is -0.810. The molecule has 0 aliphatic carbocycles. The van der Waals surface area contributed by atoms with E-state index in [1.807, 2.05) is 25.7 Å². The Kier molecular flexibility index (Phi) is 4.36. The van der Waals surface area contributed by atoms with Crippen LogP contribution in [0.5, 0.6) is 0 Å². The number of fused-ring (bicyclic) bond motifs is 1. The number of β-amino-alcohol motifs (C(OH)–C–C–N with tert-alkyl or cyclic N) is 1. The van der Waals surface area contributed by atoms with E-state index in [1.165, 1.54) is 0 Å². The van der Waals surface area contributed by atoms with Crippen LogP contribution in [-0.2, 0) is 4.74 Å². The summed E-state index contributed by atoms with van der Waals surface area (Å²) in [5, 5.41) is 9.00. The van der Waals surface area contributed by atoms with Crippen LogP contribution in [0.3, 0.4) is 0 Å².